The minimum atomic E-state index is -1.12. The molecule has 0 spiro atoms. The Hall–Kier alpha value is -0.650. The fourth-order valence-electron chi connectivity index (χ4n) is 1.46. The predicted molar refractivity (Wildman–Crippen MR) is 44.8 cm³/mol. The molecular formula is C8H15NO4. The smallest absolute Gasteiger partial charge is 0.217 e. The molecule has 1 aliphatic heterocycles. The molecule has 5 heteroatoms. The van der Waals surface area contributed by atoms with Crippen molar-refractivity contribution >= 4 is 5.91 Å². The first-order chi connectivity index (χ1) is 6.00. The van der Waals surface area contributed by atoms with Gasteiger partial charge >= 0.3 is 0 Å². The van der Waals surface area contributed by atoms with Crippen LogP contribution in [-0.4, -0.2) is 40.7 Å². The molecule has 0 aromatic rings. The van der Waals surface area contributed by atoms with E-state index in [1.807, 2.05) is 0 Å². The van der Waals surface area contributed by atoms with E-state index in [0.29, 0.717) is 6.42 Å². The lowest BCUT2D eigenvalue weighted by Crippen LogP contribution is -2.56. The largest absolute Gasteiger partial charge is 0.391 e. The summed E-state index contributed by atoms with van der Waals surface area (Å²) in [5.74, 6) is -0.291. The number of aliphatic hydroxyl groups is 2. The lowest BCUT2D eigenvalue weighted by Gasteiger charge is -2.35. The van der Waals surface area contributed by atoms with Gasteiger partial charge in [0.05, 0.1) is 12.2 Å². The molecule has 13 heavy (non-hydrogen) atoms. The minimum absolute atomic E-state index is 0.185. The molecule has 0 aromatic heterocycles. The van der Waals surface area contributed by atoms with Gasteiger partial charge in [-0.05, 0) is 6.92 Å². The third-order valence-corrected chi connectivity index (χ3v) is 2.04. The van der Waals surface area contributed by atoms with Crippen molar-refractivity contribution in [1.29, 1.82) is 0 Å². The lowest BCUT2D eigenvalue weighted by atomic mass is 10.0. The molecule has 1 heterocycles. The van der Waals surface area contributed by atoms with Gasteiger partial charge in [0.2, 0.25) is 5.91 Å². The quantitative estimate of drug-likeness (QED) is 0.493. The highest BCUT2D eigenvalue weighted by Crippen LogP contribution is 2.18. The molecule has 3 N–H and O–H groups in total. The zero-order chi connectivity index (χ0) is 10.0. The van der Waals surface area contributed by atoms with Crippen LogP contribution in [0.2, 0.25) is 0 Å². The highest BCUT2D eigenvalue weighted by molar-refractivity contribution is 5.73. The molecule has 5 nitrogen and oxygen atoms in total. The first-order valence-electron chi connectivity index (χ1n) is 4.29. The molecule has 76 valence electrons. The Morgan fingerprint density at radius 3 is 2.62 bits per heavy atom. The van der Waals surface area contributed by atoms with Crippen LogP contribution in [0.4, 0.5) is 0 Å². The summed E-state index contributed by atoms with van der Waals surface area (Å²) in [7, 11) is 0. The van der Waals surface area contributed by atoms with Crippen LogP contribution < -0.4 is 5.32 Å². The van der Waals surface area contributed by atoms with Gasteiger partial charge in [-0.1, -0.05) is 0 Å². The topological polar surface area (TPSA) is 78.8 Å². The SMILES string of the molecule is CC(=O)NC1C(O)OC(C)C[C@H]1O. The van der Waals surface area contributed by atoms with Gasteiger partial charge in [0.25, 0.3) is 0 Å². The summed E-state index contributed by atoms with van der Waals surface area (Å²) in [5, 5.41) is 21.3. The Morgan fingerprint density at radius 2 is 2.15 bits per heavy atom. The number of carbonyl (C=O) groups excluding carboxylic acids is 1. The molecule has 0 aliphatic carbocycles. The van der Waals surface area contributed by atoms with Crippen molar-refractivity contribution in [1.82, 2.24) is 5.32 Å². The third-order valence-electron chi connectivity index (χ3n) is 2.04. The van der Waals surface area contributed by atoms with Crippen molar-refractivity contribution in [2.24, 2.45) is 0 Å². The van der Waals surface area contributed by atoms with Crippen molar-refractivity contribution < 1.29 is 19.7 Å². The average molecular weight is 189 g/mol. The fraction of sp³-hybridized carbons (Fsp3) is 0.875. The normalized spacial score (nSPS) is 40.0. The number of ether oxygens (including phenoxy) is 1. The maximum absolute atomic E-state index is 10.7. The summed E-state index contributed by atoms with van der Waals surface area (Å²) in [4.78, 5) is 10.7. The van der Waals surface area contributed by atoms with E-state index in [1.54, 1.807) is 6.92 Å². The predicted octanol–water partition coefficient (Wildman–Crippen LogP) is -1.02. The van der Waals surface area contributed by atoms with E-state index < -0.39 is 18.4 Å². The molecule has 3 unspecified atom stereocenters. The van der Waals surface area contributed by atoms with E-state index in [-0.39, 0.29) is 12.0 Å². The molecule has 0 radical (unpaired) electrons. The summed E-state index contributed by atoms with van der Waals surface area (Å²) in [6.45, 7) is 3.09. The minimum Gasteiger partial charge on any atom is -0.391 e. The molecule has 1 rings (SSSR count). The second kappa shape index (κ2) is 4.04. The summed E-state index contributed by atoms with van der Waals surface area (Å²) < 4.78 is 5.05. The van der Waals surface area contributed by atoms with Gasteiger partial charge in [0, 0.05) is 13.3 Å². The number of rotatable bonds is 1. The van der Waals surface area contributed by atoms with Gasteiger partial charge in [-0.3, -0.25) is 4.79 Å². The van der Waals surface area contributed by atoms with Gasteiger partial charge in [0.1, 0.15) is 6.04 Å². The first-order valence-corrected chi connectivity index (χ1v) is 4.29. The van der Waals surface area contributed by atoms with Gasteiger partial charge in [0.15, 0.2) is 6.29 Å². The summed E-state index contributed by atoms with van der Waals surface area (Å²) in [6, 6.07) is -0.714. The number of aliphatic hydroxyl groups excluding tert-OH is 2. The van der Waals surface area contributed by atoms with Gasteiger partial charge in [-0.25, -0.2) is 0 Å². The van der Waals surface area contributed by atoms with Crippen molar-refractivity contribution in [2.75, 3.05) is 0 Å². The van der Waals surface area contributed by atoms with E-state index in [9.17, 15) is 15.0 Å². The van der Waals surface area contributed by atoms with Crippen LogP contribution in [-0.2, 0) is 9.53 Å². The molecule has 1 amide bonds. The van der Waals surface area contributed by atoms with Crippen LogP contribution in [0.25, 0.3) is 0 Å². The Morgan fingerprint density at radius 1 is 1.54 bits per heavy atom. The second-order valence-electron chi connectivity index (χ2n) is 3.37. The zero-order valence-corrected chi connectivity index (χ0v) is 7.73. The fourth-order valence-corrected chi connectivity index (χ4v) is 1.46. The van der Waals surface area contributed by atoms with Crippen LogP contribution in [0.3, 0.4) is 0 Å². The third kappa shape index (κ3) is 2.65. The molecule has 0 aromatic carbocycles. The maximum atomic E-state index is 10.7. The number of carbonyl (C=O) groups is 1. The number of hydrogen-bond donors (Lipinski definition) is 3. The lowest BCUT2D eigenvalue weighted by molar-refractivity contribution is -0.202. The van der Waals surface area contributed by atoms with Crippen LogP contribution in [0.15, 0.2) is 0 Å². The van der Waals surface area contributed by atoms with Crippen molar-refractivity contribution in [2.45, 2.75) is 44.8 Å². The van der Waals surface area contributed by atoms with E-state index in [4.69, 9.17) is 4.74 Å². The summed E-state index contributed by atoms with van der Waals surface area (Å²) in [5.41, 5.74) is 0. The number of amides is 1. The van der Waals surface area contributed by atoms with E-state index in [0.717, 1.165) is 0 Å². The highest BCUT2D eigenvalue weighted by atomic mass is 16.6. The van der Waals surface area contributed by atoms with Crippen molar-refractivity contribution in [3.63, 3.8) is 0 Å². The second-order valence-corrected chi connectivity index (χ2v) is 3.37. The van der Waals surface area contributed by atoms with Crippen LogP contribution in [0.5, 0.6) is 0 Å². The maximum Gasteiger partial charge on any atom is 0.217 e. The summed E-state index contributed by atoms with van der Waals surface area (Å²) >= 11 is 0. The van der Waals surface area contributed by atoms with Gasteiger partial charge in [-0.2, -0.15) is 0 Å². The molecule has 1 fully saturated rings. The zero-order valence-electron chi connectivity index (χ0n) is 7.73. The Kier molecular flexibility index (Phi) is 3.24. The molecule has 4 atom stereocenters. The Balaban J connectivity index is 2.56. The van der Waals surface area contributed by atoms with Crippen LogP contribution in [0.1, 0.15) is 20.3 Å². The average Bonchev–Trinajstić information content (AvgIpc) is 1.96. The Bertz CT molecular complexity index is 185. The standard InChI is InChI=1S/C8H15NO4/c1-4-3-6(11)7(8(12)13-4)9-5(2)10/h4,6-8,11-12H,3H2,1-2H3,(H,9,10)/t4?,6-,7?,8?/m1/s1. The molecular weight excluding hydrogens is 174 g/mol. The number of hydrogen-bond acceptors (Lipinski definition) is 4. The van der Waals surface area contributed by atoms with E-state index in [1.165, 1.54) is 6.92 Å². The van der Waals surface area contributed by atoms with Gasteiger partial charge in [-0.15, -0.1) is 0 Å². The van der Waals surface area contributed by atoms with Gasteiger partial charge < -0.3 is 20.3 Å². The molecule has 0 bridgehead atoms. The van der Waals surface area contributed by atoms with E-state index in [2.05, 4.69) is 5.32 Å². The Labute approximate surface area is 76.7 Å². The molecule has 0 saturated carbocycles. The van der Waals surface area contributed by atoms with Crippen LogP contribution in [0, 0.1) is 0 Å². The van der Waals surface area contributed by atoms with Crippen molar-refractivity contribution in [3.8, 4) is 0 Å². The summed E-state index contributed by atoms with van der Waals surface area (Å²) in [6.07, 6.45) is -1.64. The van der Waals surface area contributed by atoms with Crippen LogP contribution >= 0.6 is 0 Å². The molecule has 1 aliphatic rings. The molecule has 1 saturated heterocycles. The monoisotopic (exact) mass is 189 g/mol. The van der Waals surface area contributed by atoms with Crippen molar-refractivity contribution in [3.05, 3.63) is 0 Å². The highest BCUT2D eigenvalue weighted by Gasteiger charge is 2.35. The van der Waals surface area contributed by atoms with E-state index >= 15 is 0 Å². The first kappa shape index (κ1) is 10.4. The number of nitrogens with one attached hydrogen (secondary N) is 1.